The van der Waals surface area contributed by atoms with Crippen LogP contribution in [0.3, 0.4) is 0 Å². The maximum Gasteiger partial charge on any atom is 0.272 e. The summed E-state index contributed by atoms with van der Waals surface area (Å²) >= 11 is 0. The predicted octanol–water partition coefficient (Wildman–Crippen LogP) is 5.10. The molecule has 0 atom stereocenters. The number of nitro benzene ring substituents is 1. The number of aromatic amines is 2. The summed E-state index contributed by atoms with van der Waals surface area (Å²) in [6.45, 7) is 3.15. The number of nitrogen functional groups attached to an aromatic ring is 1. The number of fused-ring (bicyclic) bond motifs is 1. The summed E-state index contributed by atoms with van der Waals surface area (Å²) in [5, 5.41) is 10.3. The Hall–Kier alpha value is -4.58. The fraction of sp³-hybridized carbons (Fsp3) is 0.120. The average molecular weight is 521 g/mol. The molecule has 2 heterocycles. The molecule has 0 aliphatic rings. The van der Waals surface area contributed by atoms with E-state index in [4.69, 9.17) is 5.73 Å². The molecule has 0 saturated heterocycles. The Kier molecular flexibility index (Phi) is 5.75. The number of rotatable bonds is 6. The van der Waals surface area contributed by atoms with E-state index in [2.05, 4.69) is 19.9 Å². The molecule has 0 unspecified atom stereocenters. The molecule has 0 spiro atoms. The van der Waals surface area contributed by atoms with Crippen LogP contribution in [-0.2, 0) is 9.84 Å². The van der Waals surface area contributed by atoms with Gasteiger partial charge in [-0.1, -0.05) is 30.3 Å². The van der Waals surface area contributed by atoms with Crippen molar-refractivity contribution in [3.8, 4) is 33.9 Å². The Morgan fingerprint density at radius 1 is 1.00 bits per heavy atom. The number of benzene rings is 3. The first-order valence-electron chi connectivity index (χ1n) is 11.2. The zero-order valence-corrected chi connectivity index (χ0v) is 20.5. The van der Waals surface area contributed by atoms with Gasteiger partial charge in [0, 0.05) is 17.2 Å². The standard InChI is InChI=1S/C25H21FN6O4S/c1-13(2)37(35,36)20-11-15(10-19-23(20)31-25(27)28-19)22-21(14-6-4-3-5-7-14)29-24(30-22)17-9-8-16(32(33)34)12-18(17)26/h3-13H,1-2H3,(H,29,30)(H3,27,28,31). The molecule has 0 amide bonds. The third-order valence-electron chi connectivity index (χ3n) is 5.96. The van der Waals surface area contributed by atoms with Gasteiger partial charge in [0.15, 0.2) is 15.8 Å². The lowest BCUT2D eigenvalue weighted by Gasteiger charge is -2.11. The topological polar surface area (TPSA) is 161 Å². The van der Waals surface area contributed by atoms with Crippen LogP contribution in [0.4, 0.5) is 16.0 Å². The van der Waals surface area contributed by atoms with Crippen molar-refractivity contribution in [2.75, 3.05) is 5.73 Å². The largest absolute Gasteiger partial charge is 0.369 e. The second-order valence-corrected chi connectivity index (χ2v) is 11.2. The van der Waals surface area contributed by atoms with Crippen molar-refractivity contribution in [1.82, 2.24) is 19.9 Å². The van der Waals surface area contributed by atoms with Gasteiger partial charge >= 0.3 is 0 Å². The monoisotopic (exact) mass is 520 g/mol. The van der Waals surface area contributed by atoms with E-state index in [-0.39, 0.29) is 33.4 Å². The van der Waals surface area contributed by atoms with E-state index in [0.29, 0.717) is 22.5 Å². The van der Waals surface area contributed by atoms with Gasteiger partial charge < -0.3 is 15.7 Å². The van der Waals surface area contributed by atoms with Crippen molar-refractivity contribution in [2.45, 2.75) is 24.0 Å². The first kappa shape index (κ1) is 24.1. The van der Waals surface area contributed by atoms with E-state index in [1.54, 1.807) is 19.9 Å². The lowest BCUT2D eigenvalue weighted by molar-refractivity contribution is -0.385. The Bertz CT molecular complexity index is 1780. The SMILES string of the molecule is CC(C)S(=O)(=O)c1cc(-c2nc(-c3ccc([N+](=O)[O-])cc3F)[nH]c2-c2ccccc2)cc2[nH]c(N)nc12. The van der Waals surface area contributed by atoms with Crippen LogP contribution in [0.15, 0.2) is 65.6 Å². The summed E-state index contributed by atoms with van der Waals surface area (Å²) in [7, 11) is -3.76. The number of halogens is 1. The van der Waals surface area contributed by atoms with Crippen LogP contribution in [0.5, 0.6) is 0 Å². The summed E-state index contributed by atoms with van der Waals surface area (Å²) in [5.41, 5.74) is 8.11. The van der Waals surface area contributed by atoms with E-state index in [0.717, 1.165) is 11.6 Å². The first-order valence-corrected chi connectivity index (χ1v) is 12.7. The highest BCUT2D eigenvalue weighted by Crippen LogP contribution is 2.37. The minimum Gasteiger partial charge on any atom is -0.369 e. The molecular weight excluding hydrogens is 499 g/mol. The number of nitro groups is 1. The summed E-state index contributed by atoms with van der Waals surface area (Å²) < 4.78 is 41.3. The first-order chi connectivity index (χ1) is 17.6. The molecule has 37 heavy (non-hydrogen) atoms. The Balaban J connectivity index is 1.78. The van der Waals surface area contributed by atoms with Crippen molar-refractivity contribution in [1.29, 1.82) is 0 Å². The van der Waals surface area contributed by atoms with Crippen LogP contribution < -0.4 is 5.73 Å². The average Bonchev–Trinajstić information content (AvgIpc) is 3.46. The van der Waals surface area contributed by atoms with Gasteiger partial charge in [-0.3, -0.25) is 10.1 Å². The van der Waals surface area contributed by atoms with E-state index < -0.39 is 25.8 Å². The Morgan fingerprint density at radius 3 is 2.38 bits per heavy atom. The second-order valence-electron chi connectivity index (χ2n) is 8.68. The number of anilines is 1. The van der Waals surface area contributed by atoms with Gasteiger partial charge in [-0.2, -0.15) is 0 Å². The number of sulfone groups is 1. The van der Waals surface area contributed by atoms with Crippen LogP contribution in [0.1, 0.15) is 13.8 Å². The molecule has 188 valence electrons. The Morgan fingerprint density at radius 2 is 1.73 bits per heavy atom. The minimum atomic E-state index is -3.76. The highest BCUT2D eigenvalue weighted by atomic mass is 32.2. The molecule has 12 heteroatoms. The fourth-order valence-corrected chi connectivity index (χ4v) is 5.27. The van der Waals surface area contributed by atoms with Gasteiger partial charge in [0.05, 0.1) is 43.6 Å². The van der Waals surface area contributed by atoms with E-state index in [1.807, 2.05) is 30.3 Å². The maximum atomic E-state index is 14.9. The zero-order valence-electron chi connectivity index (χ0n) is 19.7. The molecule has 0 radical (unpaired) electrons. The number of aromatic nitrogens is 4. The molecule has 2 aromatic heterocycles. The number of non-ortho nitro benzene ring substituents is 1. The number of hydrogen-bond acceptors (Lipinski definition) is 7. The fourth-order valence-electron chi connectivity index (χ4n) is 4.05. The van der Waals surface area contributed by atoms with Gasteiger partial charge in [0.2, 0.25) is 0 Å². The van der Waals surface area contributed by atoms with Crippen molar-refractivity contribution >= 4 is 32.5 Å². The number of hydrogen-bond donors (Lipinski definition) is 3. The van der Waals surface area contributed by atoms with Crippen molar-refractivity contribution in [3.05, 3.63) is 76.6 Å². The van der Waals surface area contributed by atoms with Gasteiger partial charge in [-0.25, -0.2) is 22.8 Å². The molecule has 0 saturated carbocycles. The normalized spacial score (nSPS) is 11.9. The van der Waals surface area contributed by atoms with E-state index in [9.17, 15) is 22.9 Å². The summed E-state index contributed by atoms with van der Waals surface area (Å²) in [6.07, 6.45) is 0. The van der Waals surface area contributed by atoms with Crippen molar-refractivity contribution in [3.63, 3.8) is 0 Å². The summed E-state index contributed by atoms with van der Waals surface area (Å²) in [5.74, 6) is -0.640. The van der Waals surface area contributed by atoms with Crippen LogP contribution in [0.25, 0.3) is 44.9 Å². The zero-order chi connectivity index (χ0) is 26.5. The molecule has 5 rings (SSSR count). The van der Waals surface area contributed by atoms with Crippen LogP contribution in [-0.4, -0.2) is 38.5 Å². The third kappa shape index (κ3) is 4.20. The van der Waals surface area contributed by atoms with Crippen LogP contribution >= 0.6 is 0 Å². The highest BCUT2D eigenvalue weighted by Gasteiger charge is 2.27. The summed E-state index contributed by atoms with van der Waals surface area (Å²) in [6, 6.07) is 15.6. The van der Waals surface area contributed by atoms with Gasteiger partial charge in [0.25, 0.3) is 5.69 Å². The van der Waals surface area contributed by atoms with Gasteiger partial charge in [0.1, 0.15) is 17.2 Å². The Labute approximate surface area is 210 Å². The lowest BCUT2D eigenvalue weighted by atomic mass is 10.0. The van der Waals surface area contributed by atoms with Gasteiger partial charge in [-0.15, -0.1) is 0 Å². The van der Waals surface area contributed by atoms with Crippen molar-refractivity contribution < 1.29 is 17.7 Å². The maximum absolute atomic E-state index is 14.9. The number of nitrogens with two attached hydrogens (primary N) is 1. The molecule has 5 aromatic rings. The van der Waals surface area contributed by atoms with Crippen LogP contribution in [0, 0.1) is 15.9 Å². The molecule has 0 aliphatic heterocycles. The second kappa shape index (κ2) is 8.82. The van der Waals surface area contributed by atoms with Gasteiger partial charge in [-0.05, 0) is 32.0 Å². The van der Waals surface area contributed by atoms with E-state index in [1.165, 1.54) is 18.2 Å². The van der Waals surface area contributed by atoms with Crippen molar-refractivity contribution in [2.24, 2.45) is 0 Å². The molecule has 0 bridgehead atoms. The third-order valence-corrected chi connectivity index (χ3v) is 8.12. The highest BCUT2D eigenvalue weighted by molar-refractivity contribution is 7.92. The van der Waals surface area contributed by atoms with E-state index >= 15 is 0 Å². The minimum absolute atomic E-state index is 0.00646. The number of nitrogens with one attached hydrogen (secondary N) is 2. The molecular formula is C25H21FN6O4S. The number of imidazole rings is 2. The quantitative estimate of drug-likeness (QED) is 0.207. The molecule has 0 fully saturated rings. The number of H-pyrrole nitrogens is 2. The smallest absolute Gasteiger partial charge is 0.272 e. The summed E-state index contributed by atoms with van der Waals surface area (Å²) in [4.78, 5) is 25.2. The number of nitrogens with zero attached hydrogens (tertiary/aromatic N) is 3. The lowest BCUT2D eigenvalue weighted by Crippen LogP contribution is -2.14. The molecule has 0 aliphatic carbocycles. The van der Waals surface area contributed by atoms with Crippen LogP contribution in [0.2, 0.25) is 0 Å². The predicted molar refractivity (Wildman–Crippen MR) is 138 cm³/mol. The molecule has 3 aromatic carbocycles. The molecule has 4 N–H and O–H groups in total. The molecule has 10 nitrogen and oxygen atoms in total.